The Hall–Kier alpha value is -1.59. The molecule has 2 rings (SSSR count). The Kier molecular flexibility index (Phi) is 4.39. The number of hydrogen-bond donors (Lipinski definition) is 1. The van der Waals surface area contributed by atoms with Gasteiger partial charge in [-0.25, -0.2) is 4.98 Å². The van der Waals surface area contributed by atoms with Gasteiger partial charge in [0, 0.05) is 11.1 Å². The van der Waals surface area contributed by atoms with Gasteiger partial charge in [0.05, 0.1) is 13.2 Å². The second-order valence-electron chi connectivity index (χ2n) is 4.26. The van der Waals surface area contributed by atoms with Gasteiger partial charge in [-0.15, -0.1) is 11.3 Å². The van der Waals surface area contributed by atoms with E-state index in [1.54, 1.807) is 37.5 Å². The summed E-state index contributed by atoms with van der Waals surface area (Å²) in [6.07, 6.45) is -0.524. The Balaban J connectivity index is 2.11. The van der Waals surface area contributed by atoms with Crippen LogP contribution < -0.4 is 9.47 Å². The molecule has 5 heteroatoms. The first-order valence-corrected chi connectivity index (χ1v) is 6.88. The molecule has 0 aliphatic carbocycles. The molecule has 1 heterocycles. The van der Waals surface area contributed by atoms with E-state index in [2.05, 4.69) is 4.98 Å². The van der Waals surface area contributed by atoms with E-state index in [1.165, 1.54) is 0 Å². The number of aryl methyl sites for hydroxylation is 1. The third-order valence-electron chi connectivity index (χ3n) is 2.69. The first kappa shape index (κ1) is 13.8. The second-order valence-corrected chi connectivity index (χ2v) is 5.20. The number of benzene rings is 1. The highest BCUT2D eigenvalue weighted by atomic mass is 32.1. The smallest absolute Gasteiger partial charge is 0.161 e. The minimum atomic E-state index is -0.524. The highest BCUT2D eigenvalue weighted by Gasteiger charge is 2.09. The number of rotatable bonds is 5. The Morgan fingerprint density at radius 2 is 2.16 bits per heavy atom. The van der Waals surface area contributed by atoms with Crippen molar-refractivity contribution >= 4 is 11.3 Å². The summed E-state index contributed by atoms with van der Waals surface area (Å²) in [5.41, 5.74) is 1.80. The Morgan fingerprint density at radius 1 is 1.37 bits per heavy atom. The third kappa shape index (κ3) is 3.45. The lowest BCUT2D eigenvalue weighted by atomic mass is 10.1. The zero-order valence-electron chi connectivity index (χ0n) is 11.2. The number of aliphatic hydroxyl groups excluding tert-OH is 1. The number of nitrogens with zero attached hydrogens (tertiary/aromatic N) is 1. The maximum atomic E-state index is 9.54. The van der Waals surface area contributed by atoms with Crippen LogP contribution in [0.3, 0.4) is 0 Å². The number of thiazole rings is 1. The van der Waals surface area contributed by atoms with E-state index in [9.17, 15) is 5.11 Å². The minimum Gasteiger partial charge on any atom is -0.493 e. The van der Waals surface area contributed by atoms with Crippen molar-refractivity contribution < 1.29 is 14.6 Å². The fraction of sp³-hybridized carbons (Fsp3) is 0.357. The molecule has 0 saturated heterocycles. The van der Waals surface area contributed by atoms with E-state index >= 15 is 0 Å². The number of aromatic nitrogens is 1. The molecule has 0 unspecified atom stereocenters. The molecule has 19 heavy (non-hydrogen) atoms. The molecule has 0 saturated carbocycles. The van der Waals surface area contributed by atoms with Gasteiger partial charge in [0.15, 0.2) is 11.5 Å². The summed E-state index contributed by atoms with van der Waals surface area (Å²) < 4.78 is 11.0. The molecular weight excluding hydrogens is 262 g/mol. The summed E-state index contributed by atoms with van der Waals surface area (Å²) in [4.78, 5) is 4.34. The molecule has 0 fully saturated rings. The maximum Gasteiger partial charge on any atom is 0.161 e. The van der Waals surface area contributed by atoms with Gasteiger partial charge in [-0.3, -0.25) is 0 Å². The van der Waals surface area contributed by atoms with Gasteiger partial charge in [-0.05, 0) is 31.5 Å². The van der Waals surface area contributed by atoms with E-state index in [0.29, 0.717) is 18.1 Å². The normalized spacial score (nSPS) is 12.2. The van der Waals surface area contributed by atoms with E-state index < -0.39 is 6.10 Å². The lowest BCUT2D eigenvalue weighted by Gasteiger charge is -2.12. The topological polar surface area (TPSA) is 51.6 Å². The minimum absolute atomic E-state index is 0.420. The van der Waals surface area contributed by atoms with Crippen molar-refractivity contribution in [3.05, 3.63) is 39.8 Å². The van der Waals surface area contributed by atoms with Crippen LogP contribution in [0.4, 0.5) is 0 Å². The Bertz CT molecular complexity index is 551. The third-order valence-corrected chi connectivity index (χ3v) is 3.63. The molecule has 0 amide bonds. The number of ether oxygens (including phenoxy) is 2. The Labute approximate surface area is 116 Å². The summed E-state index contributed by atoms with van der Waals surface area (Å²) in [6.45, 7) is 4.09. The van der Waals surface area contributed by atoms with E-state index in [-0.39, 0.29) is 0 Å². The van der Waals surface area contributed by atoms with Gasteiger partial charge in [-0.2, -0.15) is 0 Å². The zero-order chi connectivity index (χ0) is 13.8. The van der Waals surface area contributed by atoms with E-state index in [1.807, 2.05) is 18.4 Å². The molecular formula is C14H17NO3S. The fourth-order valence-corrected chi connectivity index (χ4v) is 2.35. The summed E-state index contributed by atoms with van der Waals surface area (Å²) in [6, 6.07) is 5.42. The average molecular weight is 279 g/mol. The van der Waals surface area contributed by atoms with Crippen molar-refractivity contribution in [1.82, 2.24) is 4.98 Å². The molecule has 1 atom stereocenters. The van der Waals surface area contributed by atoms with Crippen LogP contribution in [0.2, 0.25) is 0 Å². The molecule has 1 aromatic heterocycles. The average Bonchev–Trinajstić information content (AvgIpc) is 2.81. The van der Waals surface area contributed by atoms with E-state index in [0.717, 1.165) is 16.3 Å². The van der Waals surface area contributed by atoms with Crippen molar-refractivity contribution in [3.8, 4) is 11.5 Å². The van der Waals surface area contributed by atoms with Crippen LogP contribution in [-0.4, -0.2) is 17.2 Å². The quantitative estimate of drug-likeness (QED) is 0.913. The SMILES string of the molecule is COc1cc([C@H](C)O)ccc1OCc1nc(C)cs1. The molecule has 102 valence electrons. The zero-order valence-corrected chi connectivity index (χ0v) is 12.0. The molecule has 0 spiro atoms. The number of hydrogen-bond acceptors (Lipinski definition) is 5. The van der Waals surface area contributed by atoms with Gasteiger partial charge in [0.25, 0.3) is 0 Å². The predicted octanol–water partition coefficient (Wildman–Crippen LogP) is 3.09. The molecule has 1 aromatic carbocycles. The van der Waals surface area contributed by atoms with Crippen molar-refractivity contribution in [2.45, 2.75) is 26.6 Å². The monoisotopic (exact) mass is 279 g/mol. The van der Waals surface area contributed by atoms with Crippen LogP contribution in [0.25, 0.3) is 0 Å². The summed E-state index contributed by atoms with van der Waals surface area (Å²) >= 11 is 1.57. The predicted molar refractivity (Wildman–Crippen MR) is 74.8 cm³/mol. The first-order chi connectivity index (χ1) is 9.10. The standard InChI is InChI=1S/C14H17NO3S/c1-9-8-19-14(15-9)7-18-12-5-4-11(10(2)16)6-13(12)17-3/h4-6,8,10,16H,7H2,1-3H3/t10-/m0/s1. The lowest BCUT2D eigenvalue weighted by Crippen LogP contribution is -1.99. The first-order valence-electron chi connectivity index (χ1n) is 6.00. The largest absolute Gasteiger partial charge is 0.493 e. The summed E-state index contributed by atoms with van der Waals surface area (Å²) in [5, 5.41) is 12.5. The van der Waals surface area contributed by atoms with Crippen LogP contribution in [0.1, 0.15) is 29.3 Å². The van der Waals surface area contributed by atoms with Gasteiger partial charge in [-0.1, -0.05) is 6.07 Å². The molecule has 0 radical (unpaired) electrons. The molecule has 4 nitrogen and oxygen atoms in total. The van der Waals surface area contributed by atoms with Gasteiger partial charge < -0.3 is 14.6 Å². The van der Waals surface area contributed by atoms with Crippen molar-refractivity contribution in [3.63, 3.8) is 0 Å². The lowest BCUT2D eigenvalue weighted by molar-refractivity contribution is 0.198. The van der Waals surface area contributed by atoms with E-state index in [4.69, 9.17) is 9.47 Å². The molecule has 0 aliphatic rings. The second kappa shape index (κ2) is 6.04. The number of methoxy groups -OCH3 is 1. The van der Waals surface area contributed by atoms with Crippen LogP contribution in [0.5, 0.6) is 11.5 Å². The molecule has 0 bridgehead atoms. The highest BCUT2D eigenvalue weighted by molar-refractivity contribution is 7.09. The molecule has 1 N–H and O–H groups in total. The highest BCUT2D eigenvalue weighted by Crippen LogP contribution is 2.31. The van der Waals surface area contributed by atoms with Crippen molar-refractivity contribution in [2.75, 3.05) is 7.11 Å². The summed E-state index contributed by atoms with van der Waals surface area (Å²) in [5.74, 6) is 1.27. The van der Waals surface area contributed by atoms with Gasteiger partial charge in [0.2, 0.25) is 0 Å². The van der Waals surface area contributed by atoms with Crippen LogP contribution in [-0.2, 0) is 6.61 Å². The number of aliphatic hydroxyl groups is 1. The Morgan fingerprint density at radius 3 is 2.74 bits per heavy atom. The van der Waals surface area contributed by atoms with Crippen molar-refractivity contribution in [1.29, 1.82) is 0 Å². The van der Waals surface area contributed by atoms with Crippen LogP contribution in [0, 0.1) is 6.92 Å². The van der Waals surface area contributed by atoms with Gasteiger partial charge in [0.1, 0.15) is 11.6 Å². The van der Waals surface area contributed by atoms with Crippen LogP contribution >= 0.6 is 11.3 Å². The molecule has 2 aromatic rings. The van der Waals surface area contributed by atoms with Crippen molar-refractivity contribution in [2.24, 2.45) is 0 Å². The fourth-order valence-electron chi connectivity index (χ4n) is 1.67. The maximum absolute atomic E-state index is 9.54. The molecule has 0 aliphatic heterocycles. The van der Waals surface area contributed by atoms with Gasteiger partial charge >= 0.3 is 0 Å². The van der Waals surface area contributed by atoms with Crippen LogP contribution in [0.15, 0.2) is 23.6 Å². The summed E-state index contributed by atoms with van der Waals surface area (Å²) in [7, 11) is 1.58.